The van der Waals surface area contributed by atoms with E-state index in [0.717, 1.165) is 11.6 Å². The van der Waals surface area contributed by atoms with Gasteiger partial charge >= 0.3 is 5.97 Å². The Hall–Kier alpha value is -1.89. The standard InChI is InChI=1S/C14H12ClNO4S/c15-12-7-6-11(14(17)18)8-13(12)21(19,20)16-9-10-4-2-1-3-5-10/h1-8,16H,9H2,(H,17,18). The Balaban J connectivity index is 2.27. The van der Waals surface area contributed by atoms with Crippen molar-refractivity contribution >= 4 is 27.6 Å². The quantitative estimate of drug-likeness (QED) is 0.884. The second-order valence-electron chi connectivity index (χ2n) is 4.26. The molecular formula is C14H12ClNO4S. The van der Waals surface area contributed by atoms with Gasteiger partial charge in [0.1, 0.15) is 4.90 Å². The summed E-state index contributed by atoms with van der Waals surface area (Å²) >= 11 is 5.86. The Bertz CT molecular complexity index is 760. The van der Waals surface area contributed by atoms with E-state index >= 15 is 0 Å². The van der Waals surface area contributed by atoms with Crippen molar-refractivity contribution in [1.29, 1.82) is 0 Å². The Morgan fingerprint density at radius 1 is 1.14 bits per heavy atom. The summed E-state index contributed by atoms with van der Waals surface area (Å²) in [5, 5.41) is 8.89. The van der Waals surface area contributed by atoms with Crippen molar-refractivity contribution in [3.63, 3.8) is 0 Å². The molecule has 21 heavy (non-hydrogen) atoms. The normalized spacial score (nSPS) is 11.3. The van der Waals surface area contributed by atoms with Crippen molar-refractivity contribution in [3.8, 4) is 0 Å². The van der Waals surface area contributed by atoms with Gasteiger partial charge in [0.2, 0.25) is 10.0 Å². The zero-order valence-electron chi connectivity index (χ0n) is 10.8. The maximum atomic E-state index is 12.2. The van der Waals surface area contributed by atoms with Gasteiger partial charge in [0.25, 0.3) is 0 Å². The average molecular weight is 326 g/mol. The van der Waals surface area contributed by atoms with Crippen LogP contribution >= 0.6 is 11.6 Å². The summed E-state index contributed by atoms with van der Waals surface area (Å²) in [6.07, 6.45) is 0. The molecule has 0 amide bonds. The number of aromatic carboxylic acids is 1. The largest absolute Gasteiger partial charge is 0.478 e. The predicted molar refractivity (Wildman–Crippen MR) is 78.9 cm³/mol. The molecule has 0 aliphatic heterocycles. The summed E-state index contributed by atoms with van der Waals surface area (Å²) in [6, 6.07) is 12.5. The number of rotatable bonds is 5. The van der Waals surface area contributed by atoms with Gasteiger partial charge < -0.3 is 5.11 Å². The van der Waals surface area contributed by atoms with Crippen LogP contribution in [-0.2, 0) is 16.6 Å². The highest BCUT2D eigenvalue weighted by atomic mass is 35.5. The monoisotopic (exact) mass is 325 g/mol. The van der Waals surface area contributed by atoms with Crippen LogP contribution < -0.4 is 4.72 Å². The molecule has 0 aliphatic rings. The van der Waals surface area contributed by atoms with Crippen LogP contribution in [0, 0.1) is 0 Å². The molecule has 0 saturated heterocycles. The Kier molecular flexibility index (Phi) is 4.62. The van der Waals surface area contributed by atoms with Crippen LogP contribution in [0.5, 0.6) is 0 Å². The van der Waals surface area contributed by atoms with Crippen molar-refractivity contribution in [2.24, 2.45) is 0 Å². The number of hydrogen-bond donors (Lipinski definition) is 2. The van der Waals surface area contributed by atoms with Crippen LogP contribution in [-0.4, -0.2) is 19.5 Å². The van der Waals surface area contributed by atoms with Gasteiger partial charge in [0.15, 0.2) is 0 Å². The van der Waals surface area contributed by atoms with Crippen LogP contribution in [0.2, 0.25) is 5.02 Å². The SMILES string of the molecule is O=C(O)c1ccc(Cl)c(S(=O)(=O)NCc2ccccc2)c1. The molecule has 5 nitrogen and oxygen atoms in total. The zero-order chi connectivity index (χ0) is 15.5. The lowest BCUT2D eigenvalue weighted by Gasteiger charge is -2.09. The molecule has 2 N–H and O–H groups in total. The second kappa shape index (κ2) is 6.26. The van der Waals surface area contributed by atoms with Gasteiger partial charge in [-0.3, -0.25) is 0 Å². The Labute approximate surface area is 127 Å². The van der Waals surface area contributed by atoms with E-state index in [1.54, 1.807) is 24.3 Å². The van der Waals surface area contributed by atoms with Crippen LogP contribution in [0.1, 0.15) is 15.9 Å². The molecule has 0 saturated carbocycles. The summed E-state index contributed by atoms with van der Waals surface area (Å²) in [6.45, 7) is 0.0940. The number of carboxylic acid groups (broad SMARTS) is 1. The van der Waals surface area contributed by atoms with Crippen molar-refractivity contribution in [2.45, 2.75) is 11.4 Å². The van der Waals surface area contributed by atoms with Gasteiger partial charge in [-0.1, -0.05) is 41.9 Å². The van der Waals surface area contributed by atoms with E-state index in [0.29, 0.717) is 0 Å². The first-order valence-corrected chi connectivity index (χ1v) is 7.83. The molecule has 0 fully saturated rings. The van der Waals surface area contributed by atoms with E-state index in [2.05, 4.69) is 4.72 Å². The summed E-state index contributed by atoms with van der Waals surface area (Å²) in [5.41, 5.74) is 0.645. The van der Waals surface area contributed by atoms with E-state index in [-0.39, 0.29) is 22.0 Å². The molecule has 110 valence electrons. The lowest BCUT2D eigenvalue weighted by molar-refractivity contribution is 0.0696. The molecule has 0 heterocycles. The number of carboxylic acids is 1. The zero-order valence-corrected chi connectivity index (χ0v) is 12.4. The van der Waals surface area contributed by atoms with Crippen molar-refractivity contribution in [3.05, 3.63) is 64.7 Å². The number of benzene rings is 2. The molecule has 2 aromatic carbocycles. The van der Waals surface area contributed by atoms with Crippen molar-refractivity contribution in [1.82, 2.24) is 4.72 Å². The third-order valence-corrected chi connectivity index (χ3v) is 4.66. The molecule has 0 aliphatic carbocycles. The van der Waals surface area contributed by atoms with Gasteiger partial charge in [0.05, 0.1) is 10.6 Å². The number of nitrogens with one attached hydrogen (secondary N) is 1. The third-order valence-electron chi connectivity index (χ3n) is 2.78. The van der Waals surface area contributed by atoms with E-state index in [1.165, 1.54) is 12.1 Å². The highest BCUT2D eigenvalue weighted by Crippen LogP contribution is 2.22. The van der Waals surface area contributed by atoms with Gasteiger partial charge in [-0.05, 0) is 23.8 Å². The minimum atomic E-state index is -3.89. The smallest absolute Gasteiger partial charge is 0.335 e. The Morgan fingerprint density at radius 2 is 1.81 bits per heavy atom. The number of hydrogen-bond acceptors (Lipinski definition) is 3. The molecule has 0 atom stereocenters. The topological polar surface area (TPSA) is 83.5 Å². The van der Waals surface area contributed by atoms with E-state index in [4.69, 9.17) is 16.7 Å². The molecule has 0 radical (unpaired) electrons. The van der Waals surface area contributed by atoms with Crippen LogP contribution in [0.3, 0.4) is 0 Å². The predicted octanol–water partition coefficient (Wildman–Crippen LogP) is 2.52. The summed E-state index contributed by atoms with van der Waals surface area (Å²) < 4.78 is 26.8. The van der Waals surface area contributed by atoms with Gasteiger partial charge in [0, 0.05) is 6.54 Å². The Morgan fingerprint density at radius 3 is 2.43 bits per heavy atom. The number of carbonyl (C=O) groups is 1. The van der Waals surface area contributed by atoms with Crippen LogP contribution in [0.15, 0.2) is 53.4 Å². The van der Waals surface area contributed by atoms with Gasteiger partial charge in [-0.25, -0.2) is 17.9 Å². The molecule has 0 spiro atoms. The number of halogens is 1. The molecule has 2 aromatic rings. The second-order valence-corrected chi connectivity index (χ2v) is 6.40. The minimum absolute atomic E-state index is 0.0273. The first-order chi connectivity index (χ1) is 9.90. The van der Waals surface area contributed by atoms with E-state index in [9.17, 15) is 13.2 Å². The lowest BCUT2D eigenvalue weighted by Crippen LogP contribution is -2.23. The number of sulfonamides is 1. The first-order valence-electron chi connectivity index (χ1n) is 5.96. The fraction of sp³-hybridized carbons (Fsp3) is 0.0714. The third kappa shape index (κ3) is 3.81. The maximum absolute atomic E-state index is 12.2. The molecule has 0 aromatic heterocycles. The average Bonchev–Trinajstić information content (AvgIpc) is 2.46. The minimum Gasteiger partial charge on any atom is -0.478 e. The van der Waals surface area contributed by atoms with E-state index < -0.39 is 16.0 Å². The van der Waals surface area contributed by atoms with Crippen molar-refractivity contribution in [2.75, 3.05) is 0 Å². The summed E-state index contributed by atoms with van der Waals surface area (Å²) in [7, 11) is -3.89. The highest BCUT2D eigenvalue weighted by molar-refractivity contribution is 7.89. The highest BCUT2D eigenvalue weighted by Gasteiger charge is 2.19. The van der Waals surface area contributed by atoms with Crippen molar-refractivity contribution < 1.29 is 18.3 Å². The van der Waals surface area contributed by atoms with Crippen LogP contribution in [0.25, 0.3) is 0 Å². The van der Waals surface area contributed by atoms with Gasteiger partial charge in [-0.2, -0.15) is 0 Å². The van der Waals surface area contributed by atoms with Crippen LogP contribution in [0.4, 0.5) is 0 Å². The molecule has 2 rings (SSSR count). The fourth-order valence-corrected chi connectivity index (χ4v) is 3.24. The summed E-state index contributed by atoms with van der Waals surface area (Å²) in [4.78, 5) is 10.7. The molecular weight excluding hydrogens is 314 g/mol. The maximum Gasteiger partial charge on any atom is 0.335 e. The lowest BCUT2D eigenvalue weighted by atomic mass is 10.2. The molecule has 7 heteroatoms. The molecule has 0 unspecified atom stereocenters. The van der Waals surface area contributed by atoms with E-state index in [1.807, 2.05) is 6.07 Å². The van der Waals surface area contributed by atoms with Gasteiger partial charge in [-0.15, -0.1) is 0 Å². The summed E-state index contributed by atoms with van der Waals surface area (Å²) in [5.74, 6) is -1.22. The first kappa shape index (κ1) is 15.5. The molecule has 0 bridgehead atoms. The fourth-order valence-electron chi connectivity index (χ4n) is 1.69.